The van der Waals surface area contributed by atoms with E-state index in [0.29, 0.717) is 19.2 Å². The molecule has 24 heavy (non-hydrogen) atoms. The van der Waals surface area contributed by atoms with Gasteiger partial charge in [-0.15, -0.1) is 0 Å². The van der Waals surface area contributed by atoms with E-state index in [4.69, 9.17) is 4.74 Å². The summed E-state index contributed by atoms with van der Waals surface area (Å²) in [5.74, 6) is -2.46. The third-order valence-corrected chi connectivity index (χ3v) is 3.47. The molecule has 1 saturated heterocycles. The van der Waals surface area contributed by atoms with Crippen LogP contribution in [0.2, 0.25) is 0 Å². The first-order chi connectivity index (χ1) is 11.1. The van der Waals surface area contributed by atoms with Gasteiger partial charge in [0.25, 0.3) is 5.69 Å². The lowest BCUT2D eigenvalue weighted by Gasteiger charge is -2.34. The second kappa shape index (κ2) is 6.68. The maximum absolute atomic E-state index is 13.5. The molecule has 0 aromatic heterocycles. The average Bonchev–Trinajstić information content (AvgIpc) is 2.47. The standard InChI is InChI=1S/C15H19F2N3O4/c1-15(2,3)24-14(21)19-5-4-18-12(8-19)9-6-10(16)11(17)7-13(9)20(22)23/h6-7,12,18H,4-5,8H2,1-3H3. The van der Waals surface area contributed by atoms with Crippen LogP contribution < -0.4 is 5.32 Å². The normalized spacial score (nSPS) is 18.4. The Morgan fingerprint density at radius 3 is 2.58 bits per heavy atom. The van der Waals surface area contributed by atoms with Gasteiger partial charge in [0.15, 0.2) is 11.6 Å². The van der Waals surface area contributed by atoms with E-state index >= 15 is 0 Å². The maximum Gasteiger partial charge on any atom is 0.410 e. The second-order valence-electron chi connectivity index (χ2n) is 6.52. The van der Waals surface area contributed by atoms with Crippen molar-refractivity contribution in [2.75, 3.05) is 19.6 Å². The second-order valence-corrected chi connectivity index (χ2v) is 6.52. The van der Waals surface area contributed by atoms with Crippen molar-refractivity contribution in [2.24, 2.45) is 0 Å². The summed E-state index contributed by atoms with van der Waals surface area (Å²) in [7, 11) is 0. The Morgan fingerprint density at radius 2 is 2.00 bits per heavy atom. The average molecular weight is 343 g/mol. The lowest BCUT2D eigenvalue weighted by molar-refractivity contribution is -0.386. The van der Waals surface area contributed by atoms with Crippen molar-refractivity contribution < 1.29 is 23.2 Å². The van der Waals surface area contributed by atoms with Gasteiger partial charge >= 0.3 is 6.09 Å². The van der Waals surface area contributed by atoms with E-state index in [0.717, 1.165) is 6.07 Å². The molecule has 1 aliphatic rings. The molecule has 1 unspecified atom stereocenters. The summed E-state index contributed by atoms with van der Waals surface area (Å²) < 4.78 is 32.1. The van der Waals surface area contributed by atoms with Crippen molar-refractivity contribution in [3.8, 4) is 0 Å². The molecule has 1 atom stereocenters. The number of halogens is 2. The van der Waals surface area contributed by atoms with E-state index in [1.165, 1.54) is 4.90 Å². The number of nitro benzene ring substituents is 1. The number of hydrogen-bond acceptors (Lipinski definition) is 5. The number of nitrogens with zero attached hydrogens (tertiary/aromatic N) is 2. The smallest absolute Gasteiger partial charge is 0.410 e. The molecule has 7 nitrogen and oxygen atoms in total. The first-order valence-corrected chi connectivity index (χ1v) is 7.43. The van der Waals surface area contributed by atoms with Crippen molar-refractivity contribution in [1.82, 2.24) is 10.2 Å². The summed E-state index contributed by atoms with van der Waals surface area (Å²) in [5.41, 5.74) is -1.21. The number of benzene rings is 1. The van der Waals surface area contributed by atoms with Crippen molar-refractivity contribution in [3.05, 3.63) is 39.4 Å². The molecule has 0 bridgehead atoms. The Balaban J connectivity index is 2.25. The summed E-state index contributed by atoms with van der Waals surface area (Å²) in [5, 5.41) is 14.1. The SMILES string of the molecule is CC(C)(C)OC(=O)N1CCNC(c2cc(F)c(F)cc2[N+](=O)[O-])C1. The zero-order valence-corrected chi connectivity index (χ0v) is 13.6. The third-order valence-electron chi connectivity index (χ3n) is 3.47. The van der Waals surface area contributed by atoms with Gasteiger partial charge in [-0.05, 0) is 26.8 Å². The predicted octanol–water partition coefficient (Wildman–Crippen LogP) is 2.75. The molecule has 0 spiro atoms. The fourth-order valence-electron chi connectivity index (χ4n) is 2.44. The molecule has 1 fully saturated rings. The molecular weight excluding hydrogens is 324 g/mol. The fraction of sp³-hybridized carbons (Fsp3) is 0.533. The van der Waals surface area contributed by atoms with E-state index in [1.54, 1.807) is 20.8 Å². The molecule has 132 valence electrons. The Hall–Kier alpha value is -2.29. The number of nitro groups is 1. The number of piperazine rings is 1. The molecule has 9 heteroatoms. The zero-order valence-electron chi connectivity index (χ0n) is 13.6. The van der Waals surface area contributed by atoms with Crippen LogP contribution in [0.5, 0.6) is 0 Å². The summed E-state index contributed by atoms with van der Waals surface area (Å²) in [6, 6.07) is 0.657. The highest BCUT2D eigenvalue weighted by molar-refractivity contribution is 5.68. The largest absolute Gasteiger partial charge is 0.444 e. The van der Waals surface area contributed by atoms with Gasteiger partial charge < -0.3 is 15.0 Å². The van der Waals surface area contributed by atoms with Gasteiger partial charge in [0.1, 0.15) is 5.60 Å². The van der Waals surface area contributed by atoms with Crippen molar-refractivity contribution >= 4 is 11.8 Å². The topological polar surface area (TPSA) is 84.7 Å². The number of amides is 1. The van der Waals surface area contributed by atoms with Gasteiger partial charge in [-0.3, -0.25) is 10.1 Å². The molecule has 0 saturated carbocycles. The van der Waals surface area contributed by atoms with E-state index in [9.17, 15) is 23.7 Å². The Bertz CT molecular complexity index is 661. The Labute approximate surface area is 137 Å². The molecule has 2 rings (SSSR count). The van der Waals surface area contributed by atoms with Gasteiger partial charge in [-0.2, -0.15) is 0 Å². The molecule has 1 heterocycles. The summed E-state index contributed by atoms with van der Waals surface area (Å²) in [6.07, 6.45) is -0.556. The minimum Gasteiger partial charge on any atom is -0.444 e. The number of rotatable bonds is 2. The third kappa shape index (κ3) is 4.16. The van der Waals surface area contributed by atoms with E-state index in [1.807, 2.05) is 0 Å². The van der Waals surface area contributed by atoms with Gasteiger partial charge in [-0.25, -0.2) is 13.6 Å². The van der Waals surface area contributed by atoms with Crippen molar-refractivity contribution in [2.45, 2.75) is 32.4 Å². The number of carbonyl (C=O) groups is 1. The van der Waals surface area contributed by atoms with Crippen LogP contribution in [0.25, 0.3) is 0 Å². The monoisotopic (exact) mass is 343 g/mol. The molecule has 1 amide bonds. The van der Waals surface area contributed by atoms with Gasteiger partial charge in [0, 0.05) is 19.6 Å². The molecule has 1 aromatic rings. The fourth-order valence-corrected chi connectivity index (χ4v) is 2.44. The van der Waals surface area contributed by atoms with Crippen LogP contribution in [0.15, 0.2) is 12.1 Å². The van der Waals surface area contributed by atoms with Crippen LogP contribution in [0.1, 0.15) is 32.4 Å². The molecule has 0 radical (unpaired) electrons. The Kier molecular flexibility index (Phi) is 5.02. The quantitative estimate of drug-likeness (QED) is 0.659. The van der Waals surface area contributed by atoms with Gasteiger partial charge in [-0.1, -0.05) is 0 Å². The van der Waals surface area contributed by atoms with Crippen molar-refractivity contribution in [3.63, 3.8) is 0 Å². The highest BCUT2D eigenvalue weighted by atomic mass is 19.2. The van der Waals surface area contributed by atoms with Crippen LogP contribution in [0.4, 0.5) is 19.3 Å². The molecule has 1 aliphatic heterocycles. The van der Waals surface area contributed by atoms with E-state index in [2.05, 4.69) is 5.32 Å². The van der Waals surface area contributed by atoms with Crippen LogP contribution in [0, 0.1) is 21.7 Å². The van der Waals surface area contributed by atoms with E-state index < -0.39 is 40.0 Å². The number of ether oxygens (including phenoxy) is 1. The maximum atomic E-state index is 13.5. The highest BCUT2D eigenvalue weighted by Gasteiger charge is 2.32. The first-order valence-electron chi connectivity index (χ1n) is 7.43. The highest BCUT2D eigenvalue weighted by Crippen LogP contribution is 2.29. The minimum absolute atomic E-state index is 0.00726. The molecule has 1 aromatic carbocycles. The van der Waals surface area contributed by atoms with Gasteiger partial charge in [0.2, 0.25) is 0 Å². The van der Waals surface area contributed by atoms with Gasteiger partial charge in [0.05, 0.1) is 22.6 Å². The lowest BCUT2D eigenvalue weighted by atomic mass is 10.0. The van der Waals surface area contributed by atoms with Crippen molar-refractivity contribution in [1.29, 1.82) is 0 Å². The summed E-state index contributed by atoms with van der Waals surface area (Å²) >= 11 is 0. The zero-order chi connectivity index (χ0) is 18.1. The minimum atomic E-state index is -1.29. The van der Waals surface area contributed by atoms with E-state index in [-0.39, 0.29) is 12.1 Å². The van der Waals surface area contributed by atoms with Crippen LogP contribution in [-0.4, -0.2) is 41.2 Å². The molecule has 1 N–H and O–H groups in total. The molecular formula is C15H19F2N3O4. The first kappa shape index (κ1) is 18.1. The summed E-state index contributed by atoms with van der Waals surface area (Å²) in [4.78, 5) is 23.9. The van der Waals surface area contributed by atoms with Crippen LogP contribution in [-0.2, 0) is 4.74 Å². The Morgan fingerprint density at radius 1 is 1.38 bits per heavy atom. The number of carbonyl (C=O) groups excluding carboxylic acids is 1. The predicted molar refractivity (Wildman–Crippen MR) is 81.6 cm³/mol. The molecule has 0 aliphatic carbocycles. The lowest BCUT2D eigenvalue weighted by Crippen LogP contribution is -2.49. The number of hydrogen-bond donors (Lipinski definition) is 1. The van der Waals surface area contributed by atoms with Crippen LogP contribution >= 0.6 is 0 Å². The van der Waals surface area contributed by atoms with Crippen LogP contribution in [0.3, 0.4) is 0 Å². The summed E-state index contributed by atoms with van der Waals surface area (Å²) in [6.45, 7) is 5.93. The number of nitrogens with one attached hydrogen (secondary N) is 1.